The molecule has 2 heterocycles. The van der Waals surface area contributed by atoms with Crippen LogP contribution in [0.25, 0.3) is 0 Å². The van der Waals surface area contributed by atoms with Crippen molar-refractivity contribution in [3.63, 3.8) is 0 Å². The summed E-state index contributed by atoms with van der Waals surface area (Å²) in [6, 6.07) is 3.45. The van der Waals surface area contributed by atoms with Crippen LogP contribution in [0.2, 0.25) is 10.0 Å². The van der Waals surface area contributed by atoms with Gasteiger partial charge in [0, 0.05) is 18.0 Å². The second-order valence-corrected chi connectivity index (χ2v) is 5.91. The van der Waals surface area contributed by atoms with Crippen molar-refractivity contribution in [2.24, 2.45) is 0 Å². The molecule has 1 aliphatic rings. The molecule has 3 rings (SSSR count). The van der Waals surface area contributed by atoms with Gasteiger partial charge in [0.1, 0.15) is 17.3 Å². The Morgan fingerprint density at radius 2 is 2.32 bits per heavy atom. The molecule has 0 spiro atoms. The van der Waals surface area contributed by atoms with Gasteiger partial charge >= 0.3 is 0 Å². The number of carbonyl (C=O) groups is 1. The third-order valence-electron chi connectivity index (χ3n) is 3.56. The number of nitrogens with zero attached hydrogens (tertiary/aromatic N) is 2. The zero-order chi connectivity index (χ0) is 15.5. The average Bonchev–Trinajstić information content (AvgIpc) is 2.91. The maximum atomic E-state index is 12.2. The van der Waals surface area contributed by atoms with Crippen molar-refractivity contribution in [3.8, 4) is 5.75 Å². The van der Waals surface area contributed by atoms with E-state index >= 15 is 0 Å². The molecule has 0 radical (unpaired) electrons. The molecule has 5 nitrogen and oxygen atoms in total. The molecule has 0 fully saturated rings. The number of hydrogen-bond donors (Lipinski definition) is 1. The molecule has 1 N–H and O–H groups in total. The first-order chi connectivity index (χ1) is 10.6. The average molecular weight is 340 g/mol. The van der Waals surface area contributed by atoms with Crippen molar-refractivity contribution in [1.82, 2.24) is 14.9 Å². The van der Waals surface area contributed by atoms with Crippen LogP contribution in [0.15, 0.2) is 30.9 Å². The van der Waals surface area contributed by atoms with Crippen LogP contribution in [0, 0.1) is 0 Å². The lowest BCUT2D eigenvalue weighted by Gasteiger charge is -2.19. The van der Waals surface area contributed by atoms with Gasteiger partial charge in [0.05, 0.1) is 24.0 Å². The highest BCUT2D eigenvalue weighted by Gasteiger charge is 2.24. The summed E-state index contributed by atoms with van der Waals surface area (Å²) in [4.78, 5) is 16.1. The Balaban J connectivity index is 1.80. The van der Waals surface area contributed by atoms with Gasteiger partial charge in [-0.3, -0.25) is 4.79 Å². The van der Waals surface area contributed by atoms with E-state index in [0.29, 0.717) is 22.4 Å². The molecule has 0 saturated heterocycles. The Hall–Kier alpha value is -1.72. The van der Waals surface area contributed by atoms with E-state index < -0.39 is 0 Å². The van der Waals surface area contributed by atoms with Gasteiger partial charge in [-0.25, -0.2) is 4.98 Å². The second-order valence-electron chi connectivity index (χ2n) is 5.13. The number of amides is 1. The summed E-state index contributed by atoms with van der Waals surface area (Å²) in [5.41, 5.74) is 0.867. The van der Waals surface area contributed by atoms with Crippen molar-refractivity contribution in [2.75, 3.05) is 6.61 Å². The zero-order valence-corrected chi connectivity index (χ0v) is 13.3. The van der Waals surface area contributed by atoms with E-state index in [1.807, 2.05) is 6.07 Å². The lowest BCUT2D eigenvalue weighted by atomic mass is 10.0. The summed E-state index contributed by atoms with van der Waals surface area (Å²) in [5.74, 6) is 0.488. The molecule has 0 saturated carbocycles. The van der Waals surface area contributed by atoms with Crippen LogP contribution in [0.4, 0.5) is 0 Å². The maximum absolute atomic E-state index is 12.2. The lowest BCUT2D eigenvalue weighted by molar-refractivity contribution is -0.122. The van der Waals surface area contributed by atoms with Crippen molar-refractivity contribution in [1.29, 1.82) is 0 Å². The number of hydrogen-bond acceptors (Lipinski definition) is 3. The summed E-state index contributed by atoms with van der Waals surface area (Å²) in [5, 5.41) is 3.88. The largest absolute Gasteiger partial charge is 0.492 e. The maximum Gasteiger partial charge on any atom is 0.240 e. The number of imidazole rings is 1. The Labute approximate surface area is 138 Å². The van der Waals surface area contributed by atoms with Crippen molar-refractivity contribution in [2.45, 2.75) is 25.4 Å². The van der Waals surface area contributed by atoms with E-state index in [0.717, 1.165) is 18.4 Å². The van der Waals surface area contributed by atoms with Gasteiger partial charge in [-0.15, -0.1) is 0 Å². The predicted octanol–water partition coefficient (Wildman–Crippen LogP) is 3.22. The van der Waals surface area contributed by atoms with E-state index in [1.165, 1.54) is 0 Å². The third-order valence-corrected chi connectivity index (χ3v) is 4.35. The van der Waals surface area contributed by atoms with Crippen LogP contribution in [0.5, 0.6) is 5.75 Å². The molecule has 1 aromatic carbocycles. The van der Waals surface area contributed by atoms with Gasteiger partial charge in [0.15, 0.2) is 0 Å². The van der Waals surface area contributed by atoms with Gasteiger partial charge in [0.25, 0.3) is 0 Å². The molecule has 0 bridgehead atoms. The molecule has 1 amide bonds. The summed E-state index contributed by atoms with van der Waals surface area (Å²) < 4.78 is 7.42. The first-order valence-corrected chi connectivity index (χ1v) is 7.76. The van der Waals surface area contributed by atoms with Gasteiger partial charge in [-0.1, -0.05) is 29.3 Å². The van der Waals surface area contributed by atoms with E-state index in [2.05, 4.69) is 10.3 Å². The fourth-order valence-corrected chi connectivity index (χ4v) is 2.90. The van der Waals surface area contributed by atoms with Crippen LogP contribution in [0.1, 0.15) is 24.4 Å². The Morgan fingerprint density at radius 3 is 3.09 bits per heavy atom. The summed E-state index contributed by atoms with van der Waals surface area (Å²) in [6.07, 6.45) is 6.63. The number of halogens is 2. The van der Waals surface area contributed by atoms with Gasteiger partial charge in [0.2, 0.25) is 5.91 Å². The molecule has 1 aliphatic heterocycles. The number of aromatic nitrogens is 2. The van der Waals surface area contributed by atoms with Crippen LogP contribution >= 0.6 is 23.2 Å². The molecule has 7 heteroatoms. The number of rotatable bonds is 3. The Morgan fingerprint density at radius 1 is 1.45 bits per heavy atom. The number of ether oxygens (including phenoxy) is 1. The fraction of sp³-hybridized carbons (Fsp3) is 0.333. The summed E-state index contributed by atoms with van der Waals surface area (Å²) in [7, 11) is 0. The minimum Gasteiger partial charge on any atom is -0.492 e. The molecule has 0 unspecified atom stereocenters. The molecular weight excluding hydrogens is 325 g/mol. The van der Waals surface area contributed by atoms with E-state index in [1.54, 1.807) is 29.4 Å². The molecule has 2 aromatic rings. The van der Waals surface area contributed by atoms with Crippen LogP contribution in [0.3, 0.4) is 0 Å². The highest BCUT2D eigenvalue weighted by Crippen LogP contribution is 2.40. The first kappa shape index (κ1) is 15.2. The number of carbonyl (C=O) groups excluding carboxylic acids is 1. The lowest BCUT2D eigenvalue weighted by Crippen LogP contribution is -2.31. The highest BCUT2D eigenvalue weighted by molar-refractivity contribution is 6.43. The van der Waals surface area contributed by atoms with Crippen LogP contribution in [-0.4, -0.2) is 22.1 Å². The van der Waals surface area contributed by atoms with Gasteiger partial charge in [-0.05, 0) is 18.9 Å². The van der Waals surface area contributed by atoms with E-state index in [-0.39, 0.29) is 18.5 Å². The van der Waals surface area contributed by atoms with Gasteiger partial charge < -0.3 is 14.6 Å². The predicted molar refractivity (Wildman–Crippen MR) is 84.3 cm³/mol. The van der Waals surface area contributed by atoms with Crippen LogP contribution < -0.4 is 10.1 Å². The quantitative estimate of drug-likeness (QED) is 0.933. The Bertz CT molecular complexity index is 674. The monoisotopic (exact) mass is 339 g/mol. The minimum absolute atomic E-state index is 0.0816. The third kappa shape index (κ3) is 3.20. The first-order valence-electron chi connectivity index (χ1n) is 7.01. The van der Waals surface area contributed by atoms with Crippen LogP contribution in [-0.2, 0) is 11.3 Å². The molecule has 22 heavy (non-hydrogen) atoms. The molecule has 1 atom stereocenters. The molecular formula is C15H15Cl2N3O2. The minimum atomic E-state index is -0.136. The summed E-state index contributed by atoms with van der Waals surface area (Å²) >= 11 is 12.3. The normalized spacial score (nSPS) is 17.3. The van der Waals surface area contributed by atoms with Crippen molar-refractivity contribution in [3.05, 3.63) is 46.5 Å². The summed E-state index contributed by atoms with van der Waals surface area (Å²) in [6.45, 7) is 0.787. The topological polar surface area (TPSA) is 56.2 Å². The molecule has 0 aliphatic carbocycles. The number of fused-ring (bicyclic) bond motifs is 1. The number of nitrogens with one attached hydrogen (secondary N) is 1. The molecule has 1 aromatic heterocycles. The van der Waals surface area contributed by atoms with E-state index in [4.69, 9.17) is 27.9 Å². The Kier molecular flexibility index (Phi) is 4.55. The highest BCUT2D eigenvalue weighted by atomic mass is 35.5. The zero-order valence-electron chi connectivity index (χ0n) is 11.8. The van der Waals surface area contributed by atoms with Crippen molar-refractivity contribution < 1.29 is 9.53 Å². The van der Waals surface area contributed by atoms with Gasteiger partial charge in [-0.2, -0.15) is 0 Å². The second kappa shape index (κ2) is 6.58. The fourth-order valence-electron chi connectivity index (χ4n) is 2.52. The molecule has 116 valence electrons. The number of benzene rings is 1. The standard InChI is InChI=1S/C15H15Cl2N3O2/c16-11-4-3-10-12(2-1-7-22-15(10)14(11)17)19-13(21)8-20-6-5-18-9-20/h3-6,9,12H,1-2,7-8H2,(H,19,21)/t12-/m1/s1. The smallest absolute Gasteiger partial charge is 0.240 e. The SMILES string of the molecule is O=C(Cn1ccnc1)N[C@@H]1CCCOc2c1ccc(Cl)c2Cl. The van der Waals surface area contributed by atoms with E-state index in [9.17, 15) is 4.79 Å². The van der Waals surface area contributed by atoms with Crippen molar-refractivity contribution >= 4 is 29.1 Å².